The summed E-state index contributed by atoms with van der Waals surface area (Å²) in [7, 11) is 1.72. The Morgan fingerprint density at radius 2 is 2.05 bits per heavy atom. The Bertz CT molecular complexity index is 498. The lowest BCUT2D eigenvalue weighted by molar-refractivity contribution is -0.135. The van der Waals surface area contributed by atoms with Gasteiger partial charge in [-0.15, -0.1) is 0 Å². The topological polar surface area (TPSA) is 64.3 Å². The van der Waals surface area contributed by atoms with Crippen LogP contribution in [0.1, 0.15) is 30.4 Å². The Kier molecular flexibility index (Phi) is 3.87. The highest BCUT2D eigenvalue weighted by molar-refractivity contribution is 5.78. The minimum atomic E-state index is -0.672. The molecular formula is C15H18N2O2. The number of rotatable bonds is 4. The molecule has 1 saturated carbocycles. The summed E-state index contributed by atoms with van der Waals surface area (Å²) in [4.78, 5) is 13.6. The van der Waals surface area contributed by atoms with Crippen molar-refractivity contribution < 1.29 is 9.90 Å². The molecule has 1 aliphatic carbocycles. The number of aliphatic hydroxyl groups is 1. The molecule has 1 aliphatic rings. The minimum Gasteiger partial charge on any atom is -0.388 e. The van der Waals surface area contributed by atoms with Crippen LogP contribution in [0.15, 0.2) is 24.3 Å². The number of hydrogen-bond acceptors (Lipinski definition) is 3. The van der Waals surface area contributed by atoms with Crippen LogP contribution in [0.4, 0.5) is 0 Å². The second-order valence-electron chi connectivity index (χ2n) is 5.31. The molecule has 0 saturated heterocycles. The SMILES string of the molecule is CN(CC1(O)CCC1)C(=O)Cc1ccc(C#N)cc1. The van der Waals surface area contributed by atoms with E-state index in [9.17, 15) is 9.90 Å². The van der Waals surface area contributed by atoms with Crippen LogP contribution in [0.5, 0.6) is 0 Å². The third-order valence-electron chi connectivity index (χ3n) is 3.68. The first-order valence-corrected chi connectivity index (χ1v) is 6.48. The monoisotopic (exact) mass is 258 g/mol. The molecule has 0 unspecified atom stereocenters. The van der Waals surface area contributed by atoms with Crippen molar-refractivity contribution in [3.63, 3.8) is 0 Å². The van der Waals surface area contributed by atoms with Crippen molar-refractivity contribution in [1.82, 2.24) is 4.90 Å². The van der Waals surface area contributed by atoms with Crippen molar-refractivity contribution in [1.29, 1.82) is 5.26 Å². The zero-order valence-electron chi connectivity index (χ0n) is 11.1. The molecule has 4 heteroatoms. The summed E-state index contributed by atoms with van der Waals surface area (Å²) in [5, 5.41) is 18.7. The summed E-state index contributed by atoms with van der Waals surface area (Å²) in [6, 6.07) is 9.06. The molecule has 0 aromatic heterocycles. The molecule has 0 bridgehead atoms. The van der Waals surface area contributed by atoms with Crippen LogP contribution >= 0.6 is 0 Å². The van der Waals surface area contributed by atoms with Crippen molar-refractivity contribution in [2.45, 2.75) is 31.3 Å². The Balaban J connectivity index is 1.90. The Morgan fingerprint density at radius 1 is 1.42 bits per heavy atom. The molecule has 1 amide bonds. The number of carbonyl (C=O) groups excluding carboxylic acids is 1. The second-order valence-corrected chi connectivity index (χ2v) is 5.31. The highest BCUT2D eigenvalue weighted by atomic mass is 16.3. The van der Waals surface area contributed by atoms with Gasteiger partial charge in [-0.2, -0.15) is 5.26 Å². The molecule has 1 aromatic rings. The van der Waals surface area contributed by atoms with Crippen LogP contribution in [0.3, 0.4) is 0 Å². The molecular weight excluding hydrogens is 240 g/mol. The van der Waals surface area contributed by atoms with Gasteiger partial charge in [-0.25, -0.2) is 0 Å². The van der Waals surface area contributed by atoms with Crippen molar-refractivity contribution >= 4 is 5.91 Å². The number of benzene rings is 1. The van der Waals surface area contributed by atoms with Crippen LogP contribution in [0.25, 0.3) is 0 Å². The largest absolute Gasteiger partial charge is 0.388 e. The first kappa shape index (κ1) is 13.6. The smallest absolute Gasteiger partial charge is 0.226 e. The molecule has 0 atom stereocenters. The average molecular weight is 258 g/mol. The summed E-state index contributed by atoms with van der Waals surface area (Å²) in [6.07, 6.45) is 2.90. The number of amides is 1. The van der Waals surface area contributed by atoms with E-state index in [2.05, 4.69) is 0 Å². The van der Waals surface area contributed by atoms with Crippen LogP contribution in [0, 0.1) is 11.3 Å². The quantitative estimate of drug-likeness (QED) is 0.889. The third-order valence-corrected chi connectivity index (χ3v) is 3.68. The molecule has 100 valence electrons. The first-order valence-electron chi connectivity index (χ1n) is 6.48. The fraction of sp³-hybridized carbons (Fsp3) is 0.467. The van der Waals surface area contributed by atoms with Crippen LogP contribution in [0.2, 0.25) is 0 Å². The van der Waals surface area contributed by atoms with E-state index in [-0.39, 0.29) is 5.91 Å². The standard InChI is InChI=1S/C15H18N2O2/c1-17(11-15(19)7-2-8-15)14(18)9-12-3-5-13(10-16)6-4-12/h3-6,19H,2,7-9,11H2,1H3. The maximum Gasteiger partial charge on any atom is 0.226 e. The van der Waals surface area contributed by atoms with E-state index in [4.69, 9.17) is 5.26 Å². The minimum absolute atomic E-state index is 0.00923. The van der Waals surface area contributed by atoms with Gasteiger partial charge in [0.2, 0.25) is 5.91 Å². The first-order chi connectivity index (χ1) is 9.02. The number of likely N-dealkylation sites (N-methyl/N-ethyl adjacent to an activating group) is 1. The average Bonchev–Trinajstić information content (AvgIpc) is 2.37. The second kappa shape index (κ2) is 5.41. The van der Waals surface area contributed by atoms with Gasteiger partial charge in [0.1, 0.15) is 0 Å². The summed E-state index contributed by atoms with van der Waals surface area (Å²) >= 11 is 0. The molecule has 1 fully saturated rings. The molecule has 0 spiro atoms. The summed E-state index contributed by atoms with van der Waals surface area (Å²) in [5.74, 6) is -0.00923. The summed E-state index contributed by atoms with van der Waals surface area (Å²) in [5.41, 5.74) is 0.805. The van der Waals surface area contributed by atoms with E-state index in [1.807, 2.05) is 6.07 Å². The Morgan fingerprint density at radius 3 is 2.53 bits per heavy atom. The van der Waals surface area contributed by atoms with Gasteiger partial charge in [0.25, 0.3) is 0 Å². The maximum absolute atomic E-state index is 12.0. The van der Waals surface area contributed by atoms with Crippen LogP contribution in [-0.2, 0) is 11.2 Å². The molecule has 1 aromatic carbocycles. The predicted molar refractivity (Wildman–Crippen MR) is 71.3 cm³/mol. The molecule has 4 nitrogen and oxygen atoms in total. The van der Waals surface area contributed by atoms with Crippen LogP contribution in [-0.4, -0.2) is 35.1 Å². The fourth-order valence-electron chi connectivity index (χ4n) is 2.28. The van der Waals surface area contributed by atoms with Crippen molar-refractivity contribution in [2.75, 3.05) is 13.6 Å². The molecule has 19 heavy (non-hydrogen) atoms. The Hall–Kier alpha value is -1.86. The van der Waals surface area contributed by atoms with Crippen LogP contribution < -0.4 is 0 Å². The van der Waals surface area contributed by atoms with Gasteiger partial charge in [-0.05, 0) is 37.0 Å². The fourth-order valence-corrected chi connectivity index (χ4v) is 2.28. The van der Waals surface area contributed by atoms with E-state index in [1.54, 1.807) is 36.2 Å². The number of hydrogen-bond donors (Lipinski definition) is 1. The van der Waals surface area contributed by atoms with Gasteiger partial charge < -0.3 is 10.0 Å². The number of nitriles is 1. The lowest BCUT2D eigenvalue weighted by Crippen LogP contribution is -2.48. The van der Waals surface area contributed by atoms with Gasteiger partial charge >= 0.3 is 0 Å². The molecule has 0 aliphatic heterocycles. The predicted octanol–water partition coefficient (Wildman–Crippen LogP) is 1.47. The zero-order chi connectivity index (χ0) is 13.9. The van der Waals surface area contributed by atoms with E-state index >= 15 is 0 Å². The molecule has 0 heterocycles. The molecule has 1 N–H and O–H groups in total. The van der Waals surface area contributed by atoms with Gasteiger partial charge in [-0.3, -0.25) is 4.79 Å². The van der Waals surface area contributed by atoms with E-state index in [0.29, 0.717) is 18.5 Å². The van der Waals surface area contributed by atoms with E-state index in [0.717, 1.165) is 24.8 Å². The van der Waals surface area contributed by atoms with E-state index < -0.39 is 5.60 Å². The molecule has 0 radical (unpaired) electrons. The van der Waals surface area contributed by atoms with Crippen molar-refractivity contribution in [3.05, 3.63) is 35.4 Å². The van der Waals surface area contributed by atoms with E-state index in [1.165, 1.54) is 0 Å². The van der Waals surface area contributed by atoms with Crippen molar-refractivity contribution in [2.24, 2.45) is 0 Å². The maximum atomic E-state index is 12.0. The highest BCUT2D eigenvalue weighted by Crippen LogP contribution is 2.32. The number of carbonyl (C=O) groups is 1. The van der Waals surface area contributed by atoms with Crippen molar-refractivity contribution in [3.8, 4) is 6.07 Å². The summed E-state index contributed by atoms with van der Waals surface area (Å²) in [6.45, 7) is 0.405. The highest BCUT2D eigenvalue weighted by Gasteiger charge is 2.36. The third kappa shape index (κ3) is 3.33. The normalized spacial score (nSPS) is 16.3. The van der Waals surface area contributed by atoms with Gasteiger partial charge in [0.15, 0.2) is 0 Å². The lowest BCUT2D eigenvalue weighted by atomic mass is 9.80. The molecule has 2 rings (SSSR count). The van der Waals surface area contributed by atoms with Gasteiger partial charge in [0.05, 0.1) is 23.7 Å². The number of nitrogens with zero attached hydrogens (tertiary/aromatic N) is 2. The summed E-state index contributed by atoms with van der Waals surface area (Å²) < 4.78 is 0. The van der Waals surface area contributed by atoms with Gasteiger partial charge in [-0.1, -0.05) is 12.1 Å². The zero-order valence-corrected chi connectivity index (χ0v) is 11.1. The van der Waals surface area contributed by atoms with Gasteiger partial charge in [0, 0.05) is 13.6 Å². The Labute approximate surface area is 113 Å². The lowest BCUT2D eigenvalue weighted by Gasteiger charge is -2.39.